The molecule has 0 aromatic carbocycles. The van der Waals surface area contributed by atoms with E-state index in [0.717, 1.165) is 19.3 Å². The van der Waals surface area contributed by atoms with Gasteiger partial charge in [-0.05, 0) is 37.0 Å². The Kier molecular flexibility index (Phi) is 5.17. The molecule has 1 atom stereocenters. The van der Waals surface area contributed by atoms with Gasteiger partial charge < -0.3 is 4.74 Å². The van der Waals surface area contributed by atoms with Gasteiger partial charge in [0.25, 0.3) is 0 Å². The van der Waals surface area contributed by atoms with Crippen molar-refractivity contribution in [2.24, 2.45) is 29.1 Å². The van der Waals surface area contributed by atoms with Gasteiger partial charge in [0.2, 0.25) is 0 Å². The van der Waals surface area contributed by atoms with Crippen LogP contribution in [0, 0.1) is 29.1 Å². The predicted molar refractivity (Wildman–Crippen MR) is 75.4 cm³/mol. The van der Waals surface area contributed by atoms with E-state index in [4.69, 9.17) is 4.74 Å². The Hall–Kier alpha value is -0.860. The van der Waals surface area contributed by atoms with Crippen molar-refractivity contribution in [3.8, 4) is 0 Å². The summed E-state index contributed by atoms with van der Waals surface area (Å²) in [5.41, 5.74) is -0.594. The van der Waals surface area contributed by atoms with Crippen LogP contribution in [-0.2, 0) is 14.3 Å². The van der Waals surface area contributed by atoms with Crippen molar-refractivity contribution in [2.45, 2.75) is 60.8 Å². The summed E-state index contributed by atoms with van der Waals surface area (Å²) in [6.45, 7) is 12.6. The molecule has 0 N–H and O–H groups in total. The number of rotatable bonds is 6. The third kappa shape index (κ3) is 3.58. The normalized spacial score (nSPS) is 22.7. The van der Waals surface area contributed by atoms with E-state index in [-0.39, 0.29) is 17.9 Å². The monoisotopic (exact) mass is 268 g/mol. The molecule has 1 saturated heterocycles. The summed E-state index contributed by atoms with van der Waals surface area (Å²) in [7, 11) is 0. The standard InChI is InChI=1S/C16H28O3/c1-10(2)7-13-14(17)19-15(18)16(13,8-11(3)4)9-12(5)6/h10-13H,7-9H2,1-6H3. The van der Waals surface area contributed by atoms with Crippen LogP contribution in [0.25, 0.3) is 0 Å². The van der Waals surface area contributed by atoms with Crippen LogP contribution in [-0.4, -0.2) is 11.9 Å². The van der Waals surface area contributed by atoms with E-state index in [0.29, 0.717) is 17.8 Å². The first-order valence-electron chi connectivity index (χ1n) is 7.45. The molecule has 1 unspecified atom stereocenters. The number of esters is 2. The summed E-state index contributed by atoms with van der Waals surface area (Å²) in [5, 5.41) is 0. The van der Waals surface area contributed by atoms with Gasteiger partial charge in [0.15, 0.2) is 0 Å². The van der Waals surface area contributed by atoms with Crippen molar-refractivity contribution in [3.63, 3.8) is 0 Å². The summed E-state index contributed by atoms with van der Waals surface area (Å²) in [6, 6.07) is 0. The molecule has 19 heavy (non-hydrogen) atoms. The predicted octanol–water partition coefficient (Wildman–Crippen LogP) is 3.81. The molecular formula is C16H28O3. The van der Waals surface area contributed by atoms with Gasteiger partial charge in [0.1, 0.15) is 0 Å². The Bertz CT molecular complexity index is 332. The molecule has 3 heteroatoms. The molecule has 1 heterocycles. The zero-order valence-electron chi connectivity index (χ0n) is 13.2. The van der Waals surface area contributed by atoms with Crippen molar-refractivity contribution in [1.82, 2.24) is 0 Å². The van der Waals surface area contributed by atoms with Gasteiger partial charge in [-0.15, -0.1) is 0 Å². The maximum absolute atomic E-state index is 12.3. The molecule has 0 aromatic rings. The number of hydrogen-bond donors (Lipinski definition) is 0. The van der Waals surface area contributed by atoms with Gasteiger partial charge in [0, 0.05) is 0 Å². The molecule has 0 radical (unpaired) electrons. The summed E-state index contributed by atoms with van der Waals surface area (Å²) in [6.07, 6.45) is 2.23. The molecular weight excluding hydrogens is 240 g/mol. The van der Waals surface area contributed by atoms with E-state index in [2.05, 4.69) is 41.5 Å². The molecule has 1 aliphatic rings. The smallest absolute Gasteiger partial charge is 0.320 e. The minimum Gasteiger partial charge on any atom is -0.392 e. The van der Waals surface area contributed by atoms with Gasteiger partial charge in [-0.2, -0.15) is 0 Å². The fourth-order valence-corrected chi connectivity index (χ4v) is 3.42. The minimum atomic E-state index is -0.594. The second-order valence-electron chi connectivity index (χ2n) is 7.24. The minimum absolute atomic E-state index is 0.259. The van der Waals surface area contributed by atoms with Crippen LogP contribution in [0.4, 0.5) is 0 Å². The lowest BCUT2D eigenvalue weighted by Crippen LogP contribution is -2.37. The number of carbonyl (C=O) groups is 2. The Morgan fingerprint density at radius 2 is 1.42 bits per heavy atom. The van der Waals surface area contributed by atoms with Gasteiger partial charge in [-0.3, -0.25) is 9.59 Å². The van der Waals surface area contributed by atoms with E-state index in [1.807, 2.05) is 0 Å². The fraction of sp³-hybridized carbons (Fsp3) is 0.875. The molecule has 1 rings (SSSR count). The second kappa shape index (κ2) is 6.06. The first-order valence-corrected chi connectivity index (χ1v) is 7.45. The molecule has 0 aromatic heterocycles. The molecule has 0 amide bonds. The third-order valence-electron chi connectivity index (χ3n) is 3.80. The van der Waals surface area contributed by atoms with E-state index in [1.54, 1.807) is 0 Å². The maximum Gasteiger partial charge on any atom is 0.320 e. The first-order chi connectivity index (χ1) is 8.69. The number of hydrogen-bond acceptors (Lipinski definition) is 3. The molecule has 0 bridgehead atoms. The highest BCUT2D eigenvalue weighted by Crippen LogP contribution is 2.49. The van der Waals surface area contributed by atoms with E-state index in [9.17, 15) is 9.59 Å². The quantitative estimate of drug-likeness (QED) is 0.543. The largest absolute Gasteiger partial charge is 0.392 e. The maximum atomic E-state index is 12.3. The Labute approximate surface area is 117 Å². The molecule has 0 saturated carbocycles. The second-order valence-corrected chi connectivity index (χ2v) is 7.24. The average molecular weight is 268 g/mol. The molecule has 3 nitrogen and oxygen atoms in total. The van der Waals surface area contributed by atoms with Crippen LogP contribution in [0.2, 0.25) is 0 Å². The highest BCUT2D eigenvalue weighted by Gasteiger charge is 2.57. The summed E-state index contributed by atoms with van der Waals surface area (Å²) >= 11 is 0. The van der Waals surface area contributed by atoms with Crippen molar-refractivity contribution >= 4 is 11.9 Å². The van der Waals surface area contributed by atoms with Crippen LogP contribution in [0.3, 0.4) is 0 Å². The van der Waals surface area contributed by atoms with Crippen LogP contribution in [0.1, 0.15) is 60.8 Å². The van der Waals surface area contributed by atoms with Gasteiger partial charge in [-0.1, -0.05) is 41.5 Å². The van der Waals surface area contributed by atoms with Gasteiger partial charge in [-0.25, -0.2) is 0 Å². The topological polar surface area (TPSA) is 43.4 Å². The number of cyclic esters (lactones) is 2. The number of carbonyl (C=O) groups excluding carboxylic acids is 2. The summed E-state index contributed by atoms with van der Waals surface area (Å²) < 4.78 is 5.01. The third-order valence-corrected chi connectivity index (χ3v) is 3.80. The van der Waals surface area contributed by atoms with Crippen LogP contribution in [0.5, 0.6) is 0 Å². The highest BCUT2D eigenvalue weighted by molar-refractivity contribution is 5.99. The zero-order valence-corrected chi connectivity index (χ0v) is 13.2. The van der Waals surface area contributed by atoms with Gasteiger partial charge >= 0.3 is 11.9 Å². The van der Waals surface area contributed by atoms with E-state index in [1.165, 1.54) is 0 Å². The van der Waals surface area contributed by atoms with Crippen molar-refractivity contribution < 1.29 is 14.3 Å². The van der Waals surface area contributed by atoms with Crippen LogP contribution in [0.15, 0.2) is 0 Å². The van der Waals surface area contributed by atoms with Crippen molar-refractivity contribution in [1.29, 1.82) is 0 Å². The average Bonchev–Trinajstić information content (AvgIpc) is 2.40. The van der Waals surface area contributed by atoms with E-state index >= 15 is 0 Å². The van der Waals surface area contributed by atoms with Gasteiger partial charge in [0.05, 0.1) is 11.3 Å². The Balaban J connectivity index is 3.13. The lowest BCUT2D eigenvalue weighted by atomic mass is 9.65. The SMILES string of the molecule is CC(C)CC1C(=O)OC(=O)C1(CC(C)C)CC(C)C. The highest BCUT2D eigenvalue weighted by atomic mass is 16.6. The summed E-state index contributed by atoms with van der Waals surface area (Å²) in [4.78, 5) is 24.4. The van der Waals surface area contributed by atoms with Crippen LogP contribution >= 0.6 is 0 Å². The van der Waals surface area contributed by atoms with Crippen molar-refractivity contribution in [2.75, 3.05) is 0 Å². The van der Waals surface area contributed by atoms with Crippen LogP contribution < -0.4 is 0 Å². The lowest BCUT2D eigenvalue weighted by molar-refractivity contribution is -0.156. The summed E-state index contributed by atoms with van der Waals surface area (Å²) in [5.74, 6) is 0.302. The van der Waals surface area contributed by atoms with E-state index < -0.39 is 5.41 Å². The first kappa shape index (κ1) is 16.2. The molecule has 1 aliphatic heterocycles. The fourth-order valence-electron chi connectivity index (χ4n) is 3.42. The zero-order chi connectivity index (χ0) is 14.8. The Morgan fingerprint density at radius 3 is 1.79 bits per heavy atom. The molecule has 0 spiro atoms. The number of ether oxygens (including phenoxy) is 1. The Morgan fingerprint density at radius 1 is 0.947 bits per heavy atom. The molecule has 110 valence electrons. The molecule has 1 fully saturated rings. The lowest BCUT2D eigenvalue weighted by Gasteiger charge is -2.33. The molecule has 0 aliphatic carbocycles. The van der Waals surface area contributed by atoms with Crippen molar-refractivity contribution in [3.05, 3.63) is 0 Å².